The van der Waals surface area contributed by atoms with Crippen LogP contribution in [-0.4, -0.2) is 47.0 Å². The zero-order chi connectivity index (χ0) is 14.9. The van der Waals surface area contributed by atoms with E-state index in [0.717, 1.165) is 12.1 Å². The average molecular weight is 308 g/mol. The van der Waals surface area contributed by atoms with Gasteiger partial charge in [-0.15, -0.1) is 0 Å². The highest BCUT2D eigenvalue weighted by molar-refractivity contribution is 7.88. The summed E-state index contributed by atoms with van der Waals surface area (Å²) < 4.78 is 29.8. The molecule has 3 heterocycles. The summed E-state index contributed by atoms with van der Waals surface area (Å²) in [5, 5.41) is 0. The SMILES string of the molecule is CS(=O)(=O)N1CCC(Cc2cncc(-c3ncco3)n2)C1. The molecule has 0 spiro atoms. The van der Waals surface area contributed by atoms with Crippen molar-refractivity contribution in [3.8, 4) is 11.6 Å². The Morgan fingerprint density at radius 2 is 2.29 bits per heavy atom. The van der Waals surface area contributed by atoms with Gasteiger partial charge in [0.25, 0.3) is 0 Å². The van der Waals surface area contributed by atoms with Gasteiger partial charge in [0, 0.05) is 19.3 Å². The molecule has 0 bridgehead atoms. The van der Waals surface area contributed by atoms with Crippen LogP contribution in [0.2, 0.25) is 0 Å². The van der Waals surface area contributed by atoms with E-state index in [-0.39, 0.29) is 5.92 Å². The molecule has 112 valence electrons. The third-order valence-corrected chi connectivity index (χ3v) is 4.82. The number of nitrogens with zero attached hydrogens (tertiary/aromatic N) is 4. The van der Waals surface area contributed by atoms with E-state index in [4.69, 9.17) is 4.42 Å². The monoisotopic (exact) mass is 308 g/mol. The van der Waals surface area contributed by atoms with E-state index in [9.17, 15) is 8.42 Å². The molecule has 0 radical (unpaired) electrons. The molecule has 2 aromatic heterocycles. The van der Waals surface area contributed by atoms with Gasteiger partial charge in [0.2, 0.25) is 15.9 Å². The topological polar surface area (TPSA) is 89.2 Å². The van der Waals surface area contributed by atoms with Crippen LogP contribution in [0.4, 0.5) is 0 Å². The van der Waals surface area contributed by atoms with Gasteiger partial charge in [-0.05, 0) is 18.8 Å². The first kappa shape index (κ1) is 14.2. The van der Waals surface area contributed by atoms with E-state index in [1.165, 1.54) is 16.8 Å². The molecule has 0 saturated carbocycles. The van der Waals surface area contributed by atoms with E-state index in [0.29, 0.717) is 31.1 Å². The number of aromatic nitrogens is 3. The van der Waals surface area contributed by atoms with Crippen LogP contribution in [0.15, 0.2) is 29.3 Å². The number of hydrogen-bond donors (Lipinski definition) is 0. The summed E-state index contributed by atoms with van der Waals surface area (Å²) in [6, 6.07) is 0. The van der Waals surface area contributed by atoms with E-state index in [2.05, 4.69) is 15.0 Å². The molecular weight excluding hydrogens is 292 g/mol. The van der Waals surface area contributed by atoms with Crippen molar-refractivity contribution in [1.82, 2.24) is 19.3 Å². The molecular formula is C13H16N4O3S. The molecule has 1 unspecified atom stereocenters. The van der Waals surface area contributed by atoms with Crippen LogP contribution in [0.25, 0.3) is 11.6 Å². The van der Waals surface area contributed by atoms with Crippen molar-refractivity contribution in [1.29, 1.82) is 0 Å². The summed E-state index contributed by atoms with van der Waals surface area (Å²) in [4.78, 5) is 12.7. The summed E-state index contributed by atoms with van der Waals surface area (Å²) in [5.41, 5.74) is 1.42. The molecule has 7 nitrogen and oxygen atoms in total. The Morgan fingerprint density at radius 1 is 1.43 bits per heavy atom. The second-order valence-electron chi connectivity index (χ2n) is 5.21. The Labute approximate surface area is 123 Å². The summed E-state index contributed by atoms with van der Waals surface area (Å²) in [6.45, 7) is 1.13. The Morgan fingerprint density at radius 3 is 2.95 bits per heavy atom. The van der Waals surface area contributed by atoms with Crippen LogP contribution in [0, 0.1) is 5.92 Å². The molecule has 2 aromatic rings. The van der Waals surface area contributed by atoms with Crippen molar-refractivity contribution in [3.63, 3.8) is 0 Å². The average Bonchev–Trinajstić information content (AvgIpc) is 3.09. The molecule has 1 atom stereocenters. The lowest BCUT2D eigenvalue weighted by molar-refractivity contribution is 0.459. The minimum Gasteiger partial charge on any atom is -0.443 e. The normalized spacial score (nSPS) is 20.0. The maximum atomic E-state index is 11.5. The van der Waals surface area contributed by atoms with Crippen molar-refractivity contribution >= 4 is 10.0 Å². The molecule has 3 rings (SSSR count). The predicted octanol–water partition coefficient (Wildman–Crippen LogP) is 0.956. The predicted molar refractivity (Wildman–Crippen MR) is 75.8 cm³/mol. The molecule has 1 aliphatic rings. The zero-order valence-electron chi connectivity index (χ0n) is 11.6. The van der Waals surface area contributed by atoms with E-state index in [1.807, 2.05) is 0 Å². The van der Waals surface area contributed by atoms with Gasteiger partial charge in [0.15, 0.2) is 0 Å². The summed E-state index contributed by atoms with van der Waals surface area (Å²) in [5.74, 6) is 0.711. The van der Waals surface area contributed by atoms with Crippen molar-refractivity contribution in [2.75, 3.05) is 19.3 Å². The highest BCUT2D eigenvalue weighted by Crippen LogP contribution is 2.22. The van der Waals surface area contributed by atoms with Gasteiger partial charge in [-0.25, -0.2) is 22.7 Å². The second-order valence-corrected chi connectivity index (χ2v) is 7.20. The molecule has 0 aromatic carbocycles. The molecule has 8 heteroatoms. The maximum absolute atomic E-state index is 11.5. The molecule has 1 fully saturated rings. The maximum Gasteiger partial charge on any atom is 0.246 e. The fourth-order valence-corrected chi connectivity index (χ4v) is 3.44. The van der Waals surface area contributed by atoms with Crippen LogP contribution in [-0.2, 0) is 16.4 Å². The summed E-state index contributed by atoms with van der Waals surface area (Å²) >= 11 is 0. The minimum atomic E-state index is -3.10. The number of hydrogen-bond acceptors (Lipinski definition) is 6. The van der Waals surface area contributed by atoms with Crippen LogP contribution < -0.4 is 0 Å². The number of rotatable bonds is 4. The van der Waals surface area contributed by atoms with Crippen LogP contribution in [0.3, 0.4) is 0 Å². The van der Waals surface area contributed by atoms with Gasteiger partial charge < -0.3 is 4.42 Å². The highest BCUT2D eigenvalue weighted by Gasteiger charge is 2.28. The summed E-state index contributed by atoms with van der Waals surface area (Å²) in [7, 11) is -3.10. The lowest BCUT2D eigenvalue weighted by Crippen LogP contribution is -2.27. The molecule has 0 N–H and O–H groups in total. The van der Waals surface area contributed by atoms with Gasteiger partial charge in [0.1, 0.15) is 12.0 Å². The van der Waals surface area contributed by atoms with Gasteiger partial charge in [0.05, 0.1) is 24.3 Å². The van der Waals surface area contributed by atoms with Crippen molar-refractivity contribution in [3.05, 3.63) is 30.5 Å². The molecule has 21 heavy (non-hydrogen) atoms. The van der Waals surface area contributed by atoms with Crippen molar-refractivity contribution < 1.29 is 12.8 Å². The summed E-state index contributed by atoms with van der Waals surface area (Å²) in [6.07, 6.45) is 9.15. The molecule has 0 aliphatic carbocycles. The van der Waals surface area contributed by atoms with Crippen molar-refractivity contribution in [2.24, 2.45) is 5.92 Å². The highest BCUT2D eigenvalue weighted by atomic mass is 32.2. The molecule has 1 saturated heterocycles. The van der Waals surface area contributed by atoms with Gasteiger partial charge in [-0.3, -0.25) is 4.98 Å². The fraction of sp³-hybridized carbons (Fsp3) is 0.462. The first-order chi connectivity index (χ1) is 10.0. The van der Waals surface area contributed by atoms with Crippen molar-refractivity contribution in [2.45, 2.75) is 12.8 Å². The van der Waals surface area contributed by atoms with Gasteiger partial charge >= 0.3 is 0 Å². The Balaban J connectivity index is 1.71. The quantitative estimate of drug-likeness (QED) is 0.835. The van der Waals surface area contributed by atoms with E-state index < -0.39 is 10.0 Å². The largest absolute Gasteiger partial charge is 0.443 e. The Kier molecular flexibility index (Phi) is 3.73. The third-order valence-electron chi connectivity index (χ3n) is 3.55. The van der Waals surface area contributed by atoms with Gasteiger partial charge in [-0.2, -0.15) is 0 Å². The van der Waals surface area contributed by atoms with E-state index >= 15 is 0 Å². The first-order valence-corrected chi connectivity index (χ1v) is 8.53. The Hall–Kier alpha value is -1.80. The van der Waals surface area contributed by atoms with E-state index in [1.54, 1.807) is 18.6 Å². The standard InChI is InChI=1S/C13H16N4O3S/c1-21(18,19)17-4-2-10(9-17)6-11-7-14-8-12(16-11)13-15-3-5-20-13/h3,5,7-8,10H,2,4,6,9H2,1H3. The van der Waals surface area contributed by atoms with Gasteiger partial charge in [-0.1, -0.05) is 0 Å². The Bertz CT molecular complexity index is 715. The number of sulfonamides is 1. The molecule has 0 amide bonds. The third kappa shape index (κ3) is 3.27. The van der Waals surface area contributed by atoms with Crippen LogP contribution >= 0.6 is 0 Å². The minimum absolute atomic E-state index is 0.272. The lowest BCUT2D eigenvalue weighted by atomic mass is 10.0. The van der Waals surface area contributed by atoms with Crippen LogP contribution in [0.1, 0.15) is 12.1 Å². The van der Waals surface area contributed by atoms with Crippen LogP contribution in [0.5, 0.6) is 0 Å². The fourth-order valence-electron chi connectivity index (χ4n) is 2.52. The lowest BCUT2D eigenvalue weighted by Gasteiger charge is -2.13. The first-order valence-electron chi connectivity index (χ1n) is 6.68. The number of oxazole rings is 1. The second kappa shape index (κ2) is 5.53. The molecule has 1 aliphatic heterocycles. The zero-order valence-corrected chi connectivity index (χ0v) is 12.5. The smallest absolute Gasteiger partial charge is 0.246 e.